The zero-order valence-corrected chi connectivity index (χ0v) is 15.7. The van der Waals surface area contributed by atoms with Gasteiger partial charge in [0.25, 0.3) is 5.91 Å². The van der Waals surface area contributed by atoms with Crippen molar-refractivity contribution < 1.29 is 27.5 Å². The lowest BCUT2D eigenvalue weighted by Crippen LogP contribution is -2.50. The molecule has 4 saturated heterocycles. The van der Waals surface area contributed by atoms with Gasteiger partial charge in [-0.05, 0) is 31.7 Å². The highest BCUT2D eigenvalue weighted by atomic mass is 32.2. The summed E-state index contributed by atoms with van der Waals surface area (Å²) >= 11 is -2.82. The highest BCUT2D eigenvalue weighted by molar-refractivity contribution is 7.74. The van der Waals surface area contributed by atoms with E-state index in [-0.39, 0.29) is 18.6 Å². The van der Waals surface area contributed by atoms with Crippen molar-refractivity contribution in [3.8, 4) is 0 Å². The summed E-state index contributed by atoms with van der Waals surface area (Å²) in [6.45, 7) is 5.09. The molecule has 0 radical (unpaired) electrons. The molecule has 4 fully saturated rings. The summed E-state index contributed by atoms with van der Waals surface area (Å²) in [5.74, 6) is 0.220. The summed E-state index contributed by atoms with van der Waals surface area (Å²) in [7, 11) is 0. The Morgan fingerprint density at radius 3 is 2.93 bits per heavy atom. The lowest BCUT2D eigenvalue weighted by molar-refractivity contribution is -0.139. The van der Waals surface area contributed by atoms with E-state index in [1.165, 1.54) is 18.0 Å². The smallest absolute Gasteiger partial charge is 0.346 e. The van der Waals surface area contributed by atoms with E-state index in [0.29, 0.717) is 25.4 Å². The standard InChI is InChI=1S/C15H25N5O6S/c21-14(17-25-9-11-5-10(6-16-11)7-18-3-4-18)13-2-1-12-8-19(13)15(22)20(12)26-27(23)24/h10-13,16H,1-9H2,(H,17,21)(H,23,24)/p-1/t10-,11-,12?,13?/m1/s1. The largest absolute Gasteiger partial charge is 0.748 e. The number of hydrogen-bond acceptors (Lipinski definition) is 8. The maximum absolute atomic E-state index is 12.4. The van der Waals surface area contributed by atoms with Crippen LogP contribution in [0, 0.1) is 5.92 Å². The summed E-state index contributed by atoms with van der Waals surface area (Å²) in [5, 5.41) is 4.23. The van der Waals surface area contributed by atoms with E-state index in [4.69, 9.17) is 4.84 Å². The first-order valence-corrected chi connectivity index (χ1v) is 10.3. The van der Waals surface area contributed by atoms with Gasteiger partial charge in [0.05, 0.1) is 12.6 Å². The molecule has 3 amide bonds. The Labute approximate surface area is 159 Å². The third-order valence-corrected chi connectivity index (χ3v) is 5.88. The Kier molecular flexibility index (Phi) is 5.62. The molecule has 27 heavy (non-hydrogen) atoms. The quantitative estimate of drug-likeness (QED) is 0.280. The summed E-state index contributed by atoms with van der Waals surface area (Å²) in [6, 6.07) is -1.45. The van der Waals surface area contributed by atoms with Crippen LogP contribution in [0.3, 0.4) is 0 Å². The predicted octanol–water partition coefficient (Wildman–Crippen LogP) is -1.68. The van der Waals surface area contributed by atoms with Gasteiger partial charge in [-0.1, -0.05) is 0 Å². The average molecular weight is 402 g/mol. The molecular weight excluding hydrogens is 378 g/mol. The third kappa shape index (κ3) is 4.41. The number of fused-ring (bicyclic) bond motifs is 2. The number of rotatable bonds is 8. The SMILES string of the molecule is O=C(NOC[C@H]1C[C@@H](CN2CC2)CN1)C1CCC2CN1C(=O)N2OS(=O)[O-]. The summed E-state index contributed by atoms with van der Waals surface area (Å²) < 4.78 is 26.0. The Bertz CT molecular complexity index is 620. The van der Waals surface area contributed by atoms with Crippen molar-refractivity contribution in [3.05, 3.63) is 0 Å². The molecule has 2 N–H and O–H groups in total. The van der Waals surface area contributed by atoms with Crippen molar-refractivity contribution >= 4 is 23.3 Å². The molecule has 0 aliphatic carbocycles. The van der Waals surface area contributed by atoms with Gasteiger partial charge >= 0.3 is 6.03 Å². The van der Waals surface area contributed by atoms with E-state index in [1.807, 2.05) is 0 Å². The fraction of sp³-hybridized carbons (Fsp3) is 0.867. The van der Waals surface area contributed by atoms with Gasteiger partial charge in [0, 0.05) is 32.2 Å². The lowest BCUT2D eigenvalue weighted by atomic mass is 10.0. The van der Waals surface area contributed by atoms with Crippen molar-refractivity contribution in [2.45, 2.75) is 37.4 Å². The lowest BCUT2D eigenvalue weighted by Gasteiger charge is -2.29. The summed E-state index contributed by atoms with van der Waals surface area (Å²) in [6.07, 6.45) is 1.93. The zero-order valence-electron chi connectivity index (χ0n) is 14.9. The number of carbonyl (C=O) groups excluding carboxylic acids is 2. The molecular formula is C15H24N5O6S-. The normalized spacial score (nSPS) is 34.2. The molecule has 4 aliphatic rings. The minimum atomic E-state index is -2.82. The highest BCUT2D eigenvalue weighted by Gasteiger charge is 2.48. The van der Waals surface area contributed by atoms with Crippen LogP contribution in [0.1, 0.15) is 19.3 Å². The van der Waals surface area contributed by atoms with Crippen LogP contribution in [0.25, 0.3) is 0 Å². The number of hydroxylamine groups is 3. The van der Waals surface area contributed by atoms with Crippen LogP contribution < -0.4 is 10.8 Å². The number of urea groups is 1. The first kappa shape index (κ1) is 19.0. The predicted molar refractivity (Wildman–Crippen MR) is 91.2 cm³/mol. The van der Waals surface area contributed by atoms with Crippen molar-refractivity contribution in [1.82, 2.24) is 25.7 Å². The van der Waals surface area contributed by atoms with E-state index in [1.54, 1.807) is 0 Å². The fourth-order valence-electron chi connectivity index (χ4n) is 4.14. The molecule has 4 rings (SSSR count). The minimum Gasteiger partial charge on any atom is -0.748 e. The van der Waals surface area contributed by atoms with Gasteiger partial charge in [-0.25, -0.2) is 14.5 Å². The maximum Gasteiger partial charge on any atom is 0.346 e. The van der Waals surface area contributed by atoms with Crippen LogP contribution in [0.15, 0.2) is 0 Å². The number of carbonyl (C=O) groups is 2. The zero-order chi connectivity index (χ0) is 19.0. The van der Waals surface area contributed by atoms with Crippen LogP contribution in [-0.4, -0.2) is 93.0 Å². The molecule has 11 nitrogen and oxygen atoms in total. The first-order valence-electron chi connectivity index (χ1n) is 9.26. The van der Waals surface area contributed by atoms with Gasteiger partial charge in [0.2, 0.25) is 0 Å². The second kappa shape index (κ2) is 7.97. The first-order chi connectivity index (χ1) is 13.0. The van der Waals surface area contributed by atoms with Crippen molar-refractivity contribution in [2.75, 3.05) is 39.3 Å². The van der Waals surface area contributed by atoms with Gasteiger partial charge < -0.3 is 19.7 Å². The van der Waals surface area contributed by atoms with E-state index in [9.17, 15) is 18.4 Å². The molecule has 0 saturated carbocycles. The van der Waals surface area contributed by atoms with Crippen LogP contribution in [0.5, 0.6) is 0 Å². The van der Waals surface area contributed by atoms with E-state index >= 15 is 0 Å². The van der Waals surface area contributed by atoms with Gasteiger partial charge in [-0.2, -0.15) is 9.35 Å². The third-order valence-electron chi connectivity index (χ3n) is 5.59. The Morgan fingerprint density at radius 2 is 2.19 bits per heavy atom. The molecule has 152 valence electrons. The van der Waals surface area contributed by atoms with Crippen LogP contribution in [0.4, 0.5) is 4.79 Å². The summed E-state index contributed by atoms with van der Waals surface area (Å²) in [5.41, 5.74) is 2.44. The number of hydrogen-bond donors (Lipinski definition) is 2. The van der Waals surface area contributed by atoms with Gasteiger partial charge in [0.15, 0.2) is 0 Å². The molecule has 0 aromatic rings. The van der Waals surface area contributed by atoms with Crippen LogP contribution in [-0.2, 0) is 25.3 Å². The Balaban J connectivity index is 1.21. The maximum atomic E-state index is 12.4. The van der Waals surface area contributed by atoms with Gasteiger partial charge in [0.1, 0.15) is 17.4 Å². The molecule has 4 aliphatic heterocycles. The van der Waals surface area contributed by atoms with E-state index < -0.39 is 29.3 Å². The molecule has 5 atom stereocenters. The van der Waals surface area contributed by atoms with Crippen molar-refractivity contribution in [1.29, 1.82) is 0 Å². The fourth-order valence-corrected chi connectivity index (χ4v) is 4.45. The average Bonchev–Trinajstić information content (AvgIpc) is 3.29. The minimum absolute atomic E-state index is 0.204. The van der Waals surface area contributed by atoms with E-state index in [0.717, 1.165) is 24.6 Å². The monoisotopic (exact) mass is 402 g/mol. The molecule has 4 heterocycles. The second-order valence-corrected chi connectivity index (χ2v) is 8.13. The molecule has 3 unspecified atom stereocenters. The van der Waals surface area contributed by atoms with E-state index in [2.05, 4.69) is 20.0 Å². The summed E-state index contributed by atoms with van der Waals surface area (Å²) in [4.78, 5) is 33.8. The highest BCUT2D eigenvalue weighted by Crippen LogP contribution is 2.30. The molecule has 12 heteroatoms. The molecule has 0 aromatic heterocycles. The second-order valence-electron chi connectivity index (χ2n) is 7.57. The number of nitrogens with zero attached hydrogens (tertiary/aromatic N) is 3. The number of piperidine rings is 1. The molecule has 2 bridgehead atoms. The topological polar surface area (TPSA) is 126 Å². The van der Waals surface area contributed by atoms with Gasteiger partial charge in [-0.3, -0.25) is 9.63 Å². The Morgan fingerprint density at radius 1 is 1.37 bits per heavy atom. The molecule has 0 spiro atoms. The number of nitrogens with one attached hydrogen (secondary N) is 2. The number of amides is 3. The van der Waals surface area contributed by atoms with Crippen molar-refractivity contribution in [2.24, 2.45) is 5.92 Å². The Hall–Kier alpha value is -1.31. The van der Waals surface area contributed by atoms with Gasteiger partial charge in [-0.15, -0.1) is 0 Å². The van der Waals surface area contributed by atoms with Crippen molar-refractivity contribution in [3.63, 3.8) is 0 Å². The molecule has 0 aromatic carbocycles. The van der Waals surface area contributed by atoms with Crippen LogP contribution in [0.2, 0.25) is 0 Å². The van der Waals surface area contributed by atoms with Crippen LogP contribution >= 0.6 is 0 Å².